The van der Waals surface area contributed by atoms with E-state index in [1.807, 2.05) is 49.6 Å². The molecule has 1 amide bonds. The van der Waals surface area contributed by atoms with Gasteiger partial charge in [-0.05, 0) is 96.2 Å². The van der Waals surface area contributed by atoms with Gasteiger partial charge in [0.2, 0.25) is 0 Å². The number of carbonyl (C=O) groups is 2. The van der Waals surface area contributed by atoms with Crippen molar-refractivity contribution in [1.29, 1.82) is 0 Å². The number of nitrogens with zero attached hydrogens (tertiary/aromatic N) is 1. The molecule has 0 spiro atoms. The van der Waals surface area contributed by atoms with Crippen LogP contribution < -0.4 is 5.32 Å². The number of carboxylic acid groups (broad SMARTS) is 1. The molecule has 5 nitrogen and oxygen atoms in total. The van der Waals surface area contributed by atoms with Crippen LogP contribution in [0.3, 0.4) is 0 Å². The van der Waals surface area contributed by atoms with E-state index in [4.69, 9.17) is 0 Å². The first kappa shape index (κ1) is 34.6. The van der Waals surface area contributed by atoms with Crippen molar-refractivity contribution in [2.75, 3.05) is 12.0 Å². The lowest BCUT2D eigenvalue weighted by Crippen LogP contribution is -2.41. The van der Waals surface area contributed by atoms with Crippen LogP contribution in [0.5, 0.6) is 0 Å². The van der Waals surface area contributed by atoms with E-state index in [0.29, 0.717) is 42.3 Å². The van der Waals surface area contributed by atoms with Crippen LogP contribution in [0.2, 0.25) is 0 Å². The van der Waals surface area contributed by atoms with Gasteiger partial charge in [0, 0.05) is 30.8 Å². The van der Waals surface area contributed by atoms with Gasteiger partial charge in [-0.25, -0.2) is 13.6 Å². The molecule has 0 bridgehead atoms. The number of hydrogen-bond acceptors (Lipinski definition) is 4. The molecule has 1 aliphatic carbocycles. The SMILES string of the molecule is CCC(CC1CCCCC1)N(Cc1cc(F)cc(F)c1)Cc1ccc(C(=O)NC(CCSC)C(=O)O)c(-c2ccccc2C)c1. The third kappa shape index (κ3) is 9.88. The molecule has 0 aliphatic heterocycles. The second-order valence-electron chi connectivity index (χ2n) is 12.3. The summed E-state index contributed by atoms with van der Waals surface area (Å²) < 4.78 is 28.5. The summed E-state index contributed by atoms with van der Waals surface area (Å²) in [5, 5.41) is 12.5. The normalized spacial score (nSPS) is 15.2. The van der Waals surface area contributed by atoms with Gasteiger partial charge >= 0.3 is 5.97 Å². The molecule has 0 aromatic heterocycles. The largest absolute Gasteiger partial charge is 0.480 e. The standard InChI is InChI=1S/C37H46F2N2O3S/c1-4-31(20-26-11-6-5-7-12-26)41(24-28-18-29(38)22-30(39)19-28)23-27-14-15-33(34(21-27)32-13-9-8-10-25(32)2)36(42)40-35(37(43)44)16-17-45-3/h8-10,13-15,18-19,21-22,26,31,35H,4-7,11-12,16-17,20,23-24H2,1-3H3,(H,40,42)(H,43,44). The maximum atomic E-state index is 14.2. The molecule has 1 fully saturated rings. The highest BCUT2D eigenvalue weighted by Crippen LogP contribution is 2.33. The van der Waals surface area contributed by atoms with Crippen LogP contribution in [0.25, 0.3) is 11.1 Å². The Hall–Kier alpha value is -3.23. The van der Waals surface area contributed by atoms with E-state index in [1.165, 1.54) is 56.0 Å². The van der Waals surface area contributed by atoms with Crippen molar-refractivity contribution in [2.24, 2.45) is 5.92 Å². The zero-order chi connectivity index (χ0) is 32.3. The molecular weight excluding hydrogens is 590 g/mol. The van der Waals surface area contributed by atoms with Gasteiger partial charge in [0.25, 0.3) is 5.91 Å². The van der Waals surface area contributed by atoms with Crippen molar-refractivity contribution in [1.82, 2.24) is 10.2 Å². The third-order valence-electron chi connectivity index (χ3n) is 8.99. The molecule has 0 heterocycles. The predicted molar refractivity (Wildman–Crippen MR) is 179 cm³/mol. The van der Waals surface area contributed by atoms with Gasteiger partial charge in [0.05, 0.1) is 0 Å². The Kier molecular flexibility index (Phi) is 13.0. The van der Waals surface area contributed by atoms with Gasteiger partial charge in [-0.1, -0.05) is 69.4 Å². The van der Waals surface area contributed by atoms with E-state index in [0.717, 1.165) is 41.2 Å². The lowest BCUT2D eigenvalue weighted by atomic mass is 9.83. The molecule has 2 N–H and O–H groups in total. The number of aryl methyl sites for hydroxylation is 1. The lowest BCUT2D eigenvalue weighted by Gasteiger charge is -2.35. The quantitative estimate of drug-likeness (QED) is 0.175. The van der Waals surface area contributed by atoms with Gasteiger partial charge in [-0.3, -0.25) is 9.69 Å². The molecule has 8 heteroatoms. The number of thioether (sulfide) groups is 1. The van der Waals surface area contributed by atoms with E-state index in [9.17, 15) is 23.5 Å². The van der Waals surface area contributed by atoms with Crippen LogP contribution in [0.1, 0.15) is 85.3 Å². The lowest BCUT2D eigenvalue weighted by molar-refractivity contribution is -0.139. The zero-order valence-corrected chi connectivity index (χ0v) is 27.5. The van der Waals surface area contributed by atoms with Crippen molar-refractivity contribution >= 4 is 23.6 Å². The fraction of sp³-hybridized carbons (Fsp3) is 0.459. The van der Waals surface area contributed by atoms with Crippen LogP contribution in [0.4, 0.5) is 8.78 Å². The van der Waals surface area contributed by atoms with Crippen LogP contribution in [-0.2, 0) is 17.9 Å². The maximum absolute atomic E-state index is 14.2. The molecule has 1 saturated carbocycles. The Morgan fingerprint density at radius 1 is 0.956 bits per heavy atom. The number of amides is 1. The summed E-state index contributed by atoms with van der Waals surface area (Å²) in [6.07, 6.45) is 10.4. The second kappa shape index (κ2) is 16.9. The topological polar surface area (TPSA) is 69.6 Å². The van der Waals surface area contributed by atoms with Gasteiger partial charge < -0.3 is 10.4 Å². The number of hydrogen-bond donors (Lipinski definition) is 2. The van der Waals surface area contributed by atoms with E-state index >= 15 is 0 Å². The van der Waals surface area contributed by atoms with Crippen LogP contribution in [0, 0.1) is 24.5 Å². The molecule has 3 aromatic rings. The molecule has 2 unspecified atom stereocenters. The summed E-state index contributed by atoms with van der Waals surface area (Å²) in [5.41, 5.74) is 4.60. The average Bonchev–Trinajstić information content (AvgIpc) is 3.01. The minimum atomic E-state index is -1.06. The van der Waals surface area contributed by atoms with Crippen LogP contribution in [-0.4, -0.2) is 46.0 Å². The highest BCUT2D eigenvalue weighted by Gasteiger charge is 2.26. The molecule has 242 valence electrons. The molecule has 0 radical (unpaired) electrons. The van der Waals surface area contributed by atoms with Crippen molar-refractivity contribution in [3.8, 4) is 11.1 Å². The highest BCUT2D eigenvalue weighted by molar-refractivity contribution is 7.98. The summed E-state index contributed by atoms with van der Waals surface area (Å²) in [4.78, 5) is 27.8. The van der Waals surface area contributed by atoms with Gasteiger partial charge in [-0.2, -0.15) is 11.8 Å². The Bertz CT molecular complexity index is 1420. The summed E-state index contributed by atoms with van der Waals surface area (Å²) in [5.74, 6) is -1.40. The van der Waals surface area contributed by atoms with Crippen molar-refractivity contribution in [3.63, 3.8) is 0 Å². The Morgan fingerprint density at radius 2 is 1.64 bits per heavy atom. The molecule has 3 aromatic carbocycles. The molecule has 1 aliphatic rings. The third-order valence-corrected chi connectivity index (χ3v) is 9.63. The number of halogens is 2. The Morgan fingerprint density at radius 3 is 2.29 bits per heavy atom. The van der Waals surface area contributed by atoms with E-state index in [1.54, 1.807) is 6.07 Å². The number of benzene rings is 3. The Labute approximate surface area is 270 Å². The number of rotatable bonds is 15. The van der Waals surface area contributed by atoms with E-state index in [-0.39, 0.29) is 6.04 Å². The molecule has 0 saturated heterocycles. The Balaban J connectivity index is 1.70. The molecule has 4 rings (SSSR count). The maximum Gasteiger partial charge on any atom is 0.326 e. The molecule has 45 heavy (non-hydrogen) atoms. The highest BCUT2D eigenvalue weighted by atomic mass is 32.2. The minimum absolute atomic E-state index is 0.220. The fourth-order valence-electron chi connectivity index (χ4n) is 6.58. The second-order valence-corrected chi connectivity index (χ2v) is 13.3. The number of carboxylic acids is 1. The fourth-order valence-corrected chi connectivity index (χ4v) is 7.05. The van der Waals surface area contributed by atoms with Gasteiger partial charge in [-0.15, -0.1) is 0 Å². The summed E-state index contributed by atoms with van der Waals surface area (Å²) >= 11 is 1.54. The van der Waals surface area contributed by atoms with E-state index in [2.05, 4.69) is 17.1 Å². The van der Waals surface area contributed by atoms with Crippen LogP contribution >= 0.6 is 11.8 Å². The smallest absolute Gasteiger partial charge is 0.326 e. The summed E-state index contributed by atoms with van der Waals surface area (Å²) in [6.45, 7) is 5.10. The number of aliphatic carboxylic acids is 1. The summed E-state index contributed by atoms with van der Waals surface area (Å²) in [6, 6.07) is 16.5. The zero-order valence-electron chi connectivity index (χ0n) is 26.7. The molecular formula is C37H46F2N2O3S. The average molecular weight is 637 g/mol. The minimum Gasteiger partial charge on any atom is -0.480 e. The summed E-state index contributed by atoms with van der Waals surface area (Å²) in [7, 11) is 0. The molecule has 2 atom stereocenters. The first-order valence-corrected chi connectivity index (χ1v) is 17.5. The number of nitrogens with one attached hydrogen (secondary N) is 1. The van der Waals surface area contributed by atoms with E-state index < -0.39 is 29.6 Å². The first-order valence-electron chi connectivity index (χ1n) is 16.1. The van der Waals surface area contributed by atoms with Crippen molar-refractivity contribution < 1.29 is 23.5 Å². The van der Waals surface area contributed by atoms with Crippen molar-refractivity contribution in [2.45, 2.75) is 90.4 Å². The van der Waals surface area contributed by atoms with Gasteiger partial charge in [0.1, 0.15) is 17.7 Å². The number of carbonyl (C=O) groups excluding carboxylic acids is 1. The monoisotopic (exact) mass is 636 g/mol. The first-order chi connectivity index (χ1) is 21.7. The van der Waals surface area contributed by atoms with Crippen LogP contribution in [0.15, 0.2) is 60.7 Å². The van der Waals surface area contributed by atoms with Gasteiger partial charge in [0.15, 0.2) is 0 Å². The predicted octanol–water partition coefficient (Wildman–Crippen LogP) is 8.63. The van der Waals surface area contributed by atoms with Crippen molar-refractivity contribution in [3.05, 3.63) is 94.6 Å².